The molecular formula is C10H20N2O2. The second kappa shape index (κ2) is 5.32. The van der Waals surface area contributed by atoms with Crippen LogP contribution in [0.2, 0.25) is 0 Å². The number of aliphatic hydroxyl groups is 1. The molecule has 0 aromatic rings. The molecule has 4 nitrogen and oxygen atoms in total. The van der Waals surface area contributed by atoms with Crippen LogP contribution in [0.15, 0.2) is 0 Å². The summed E-state index contributed by atoms with van der Waals surface area (Å²) < 4.78 is 0. The maximum absolute atomic E-state index is 11.5. The van der Waals surface area contributed by atoms with Crippen LogP contribution in [0.3, 0.4) is 0 Å². The van der Waals surface area contributed by atoms with Crippen LogP contribution in [0.5, 0.6) is 0 Å². The van der Waals surface area contributed by atoms with Crippen molar-refractivity contribution in [3.05, 3.63) is 0 Å². The van der Waals surface area contributed by atoms with E-state index in [0.29, 0.717) is 13.0 Å². The van der Waals surface area contributed by atoms with Gasteiger partial charge in [-0.05, 0) is 19.9 Å². The van der Waals surface area contributed by atoms with E-state index in [1.165, 1.54) is 0 Å². The average molecular weight is 200 g/mol. The molecule has 0 aromatic carbocycles. The Balaban J connectivity index is 2.36. The topological polar surface area (TPSA) is 61.4 Å². The number of hydrogen-bond acceptors (Lipinski definition) is 3. The molecule has 0 aliphatic heterocycles. The fourth-order valence-electron chi connectivity index (χ4n) is 1.97. The minimum absolute atomic E-state index is 0.0373. The van der Waals surface area contributed by atoms with Gasteiger partial charge in [0, 0.05) is 13.0 Å². The Bertz CT molecular complexity index is 189. The van der Waals surface area contributed by atoms with E-state index in [0.717, 1.165) is 25.7 Å². The molecule has 3 N–H and O–H groups in total. The molecule has 1 rings (SSSR count). The number of carbonyl (C=O) groups excluding carboxylic acids is 1. The third-order valence-corrected chi connectivity index (χ3v) is 2.87. The zero-order valence-corrected chi connectivity index (χ0v) is 8.81. The van der Waals surface area contributed by atoms with E-state index in [1.54, 1.807) is 0 Å². The van der Waals surface area contributed by atoms with Crippen molar-refractivity contribution < 1.29 is 9.90 Å². The summed E-state index contributed by atoms with van der Waals surface area (Å²) in [6, 6.07) is 0. The summed E-state index contributed by atoms with van der Waals surface area (Å²) in [5, 5.41) is 15.1. The van der Waals surface area contributed by atoms with E-state index >= 15 is 0 Å². The van der Waals surface area contributed by atoms with Gasteiger partial charge in [0.25, 0.3) is 0 Å². The molecule has 0 heterocycles. The van der Waals surface area contributed by atoms with Gasteiger partial charge >= 0.3 is 0 Å². The highest BCUT2D eigenvalue weighted by Gasteiger charge is 2.34. The molecule has 1 saturated carbocycles. The van der Waals surface area contributed by atoms with Gasteiger partial charge in [-0.2, -0.15) is 0 Å². The summed E-state index contributed by atoms with van der Waals surface area (Å²) in [7, 11) is 1.82. The summed E-state index contributed by atoms with van der Waals surface area (Å²) >= 11 is 0. The van der Waals surface area contributed by atoms with Crippen molar-refractivity contribution in [2.24, 2.45) is 0 Å². The van der Waals surface area contributed by atoms with Crippen LogP contribution in [-0.4, -0.2) is 36.8 Å². The first kappa shape index (κ1) is 11.5. The van der Waals surface area contributed by atoms with Gasteiger partial charge in [-0.1, -0.05) is 12.8 Å². The molecule has 1 aliphatic carbocycles. The highest BCUT2D eigenvalue weighted by atomic mass is 16.3. The number of rotatable bonds is 5. The molecule has 0 unspecified atom stereocenters. The summed E-state index contributed by atoms with van der Waals surface area (Å²) in [5.41, 5.74) is -0.315. The van der Waals surface area contributed by atoms with Crippen LogP contribution in [0.25, 0.3) is 0 Å². The van der Waals surface area contributed by atoms with Crippen molar-refractivity contribution in [1.82, 2.24) is 10.6 Å². The average Bonchev–Trinajstić information content (AvgIpc) is 2.64. The number of hydrogen-bond donors (Lipinski definition) is 3. The predicted molar refractivity (Wildman–Crippen MR) is 55.0 cm³/mol. The molecule has 4 heteroatoms. The molecule has 1 aliphatic rings. The van der Waals surface area contributed by atoms with Gasteiger partial charge in [-0.3, -0.25) is 4.79 Å². The number of amides is 1. The normalized spacial score (nSPS) is 19.6. The minimum atomic E-state index is -0.315. The van der Waals surface area contributed by atoms with E-state index in [2.05, 4.69) is 10.6 Å². The fraction of sp³-hybridized carbons (Fsp3) is 0.900. The zero-order chi connectivity index (χ0) is 10.4. The molecule has 82 valence electrons. The van der Waals surface area contributed by atoms with Crippen molar-refractivity contribution in [3.8, 4) is 0 Å². The maximum Gasteiger partial charge on any atom is 0.221 e. The van der Waals surface area contributed by atoms with Crippen LogP contribution in [0, 0.1) is 0 Å². The largest absolute Gasteiger partial charge is 0.394 e. The predicted octanol–water partition coefficient (Wildman–Crippen LogP) is 0.0172. The number of carbonyl (C=O) groups is 1. The van der Waals surface area contributed by atoms with Crippen molar-refractivity contribution >= 4 is 5.91 Å². The van der Waals surface area contributed by atoms with E-state index < -0.39 is 0 Å². The first-order valence-electron chi connectivity index (χ1n) is 5.29. The Morgan fingerprint density at radius 3 is 2.57 bits per heavy atom. The van der Waals surface area contributed by atoms with Crippen LogP contribution < -0.4 is 10.6 Å². The fourth-order valence-corrected chi connectivity index (χ4v) is 1.97. The molecule has 0 saturated heterocycles. The lowest BCUT2D eigenvalue weighted by Crippen LogP contribution is -2.49. The molecule has 0 atom stereocenters. The number of nitrogens with one attached hydrogen (secondary N) is 2. The summed E-state index contributed by atoms with van der Waals surface area (Å²) in [6.45, 7) is 0.756. The van der Waals surface area contributed by atoms with E-state index in [1.807, 2.05) is 7.05 Å². The summed E-state index contributed by atoms with van der Waals surface area (Å²) in [4.78, 5) is 11.5. The third kappa shape index (κ3) is 2.96. The second-order valence-corrected chi connectivity index (χ2v) is 4.05. The molecule has 0 spiro atoms. The first-order chi connectivity index (χ1) is 6.72. The molecular weight excluding hydrogens is 180 g/mol. The maximum atomic E-state index is 11.5. The van der Waals surface area contributed by atoms with Crippen molar-refractivity contribution in [2.45, 2.75) is 37.6 Å². The van der Waals surface area contributed by atoms with Crippen LogP contribution in [-0.2, 0) is 4.79 Å². The molecule has 1 fully saturated rings. The highest BCUT2D eigenvalue weighted by Crippen LogP contribution is 2.28. The van der Waals surface area contributed by atoms with Crippen LogP contribution in [0.1, 0.15) is 32.1 Å². The van der Waals surface area contributed by atoms with E-state index in [9.17, 15) is 9.90 Å². The Labute approximate surface area is 85.1 Å². The minimum Gasteiger partial charge on any atom is -0.394 e. The molecule has 0 radical (unpaired) electrons. The van der Waals surface area contributed by atoms with Gasteiger partial charge in [-0.15, -0.1) is 0 Å². The monoisotopic (exact) mass is 200 g/mol. The number of aliphatic hydroxyl groups excluding tert-OH is 1. The quantitative estimate of drug-likeness (QED) is 0.586. The molecule has 14 heavy (non-hydrogen) atoms. The molecule has 1 amide bonds. The van der Waals surface area contributed by atoms with Crippen LogP contribution >= 0.6 is 0 Å². The smallest absolute Gasteiger partial charge is 0.221 e. The van der Waals surface area contributed by atoms with Crippen molar-refractivity contribution in [1.29, 1.82) is 0 Å². The summed E-state index contributed by atoms with van der Waals surface area (Å²) in [6.07, 6.45) is 4.52. The Morgan fingerprint density at radius 2 is 2.07 bits per heavy atom. The Hall–Kier alpha value is -0.610. The van der Waals surface area contributed by atoms with Gasteiger partial charge in [0.15, 0.2) is 0 Å². The van der Waals surface area contributed by atoms with Crippen molar-refractivity contribution in [2.75, 3.05) is 20.2 Å². The summed E-state index contributed by atoms with van der Waals surface area (Å²) in [5.74, 6) is 0.0373. The zero-order valence-electron chi connectivity index (χ0n) is 8.81. The van der Waals surface area contributed by atoms with Gasteiger partial charge < -0.3 is 15.7 Å². The van der Waals surface area contributed by atoms with E-state index in [-0.39, 0.29) is 18.1 Å². The standard InChI is InChI=1S/C10H20N2O2/c1-11-7-4-9(14)12-10(8-13)5-2-3-6-10/h11,13H,2-8H2,1H3,(H,12,14). The SMILES string of the molecule is CNCCC(=O)NC1(CO)CCCC1. The lowest BCUT2D eigenvalue weighted by molar-refractivity contribution is -0.123. The molecule has 0 bridgehead atoms. The Kier molecular flexibility index (Phi) is 4.35. The van der Waals surface area contributed by atoms with Gasteiger partial charge in [0.1, 0.15) is 0 Å². The third-order valence-electron chi connectivity index (χ3n) is 2.87. The highest BCUT2D eigenvalue weighted by molar-refractivity contribution is 5.77. The van der Waals surface area contributed by atoms with Gasteiger partial charge in [0.05, 0.1) is 12.1 Å². The second-order valence-electron chi connectivity index (χ2n) is 4.05. The van der Waals surface area contributed by atoms with E-state index in [4.69, 9.17) is 0 Å². The van der Waals surface area contributed by atoms with Crippen LogP contribution in [0.4, 0.5) is 0 Å². The Morgan fingerprint density at radius 1 is 1.43 bits per heavy atom. The first-order valence-corrected chi connectivity index (χ1v) is 5.29. The van der Waals surface area contributed by atoms with Gasteiger partial charge in [-0.25, -0.2) is 0 Å². The lowest BCUT2D eigenvalue weighted by Gasteiger charge is -2.27. The molecule has 0 aromatic heterocycles. The van der Waals surface area contributed by atoms with Crippen molar-refractivity contribution in [3.63, 3.8) is 0 Å². The lowest BCUT2D eigenvalue weighted by atomic mass is 9.99. The van der Waals surface area contributed by atoms with Gasteiger partial charge in [0.2, 0.25) is 5.91 Å².